The first-order valence-electron chi connectivity index (χ1n) is 12.2. The van der Waals surface area contributed by atoms with E-state index in [1.807, 2.05) is 0 Å². The predicted molar refractivity (Wildman–Crippen MR) is 148 cm³/mol. The standard InChI is InChI=1S/2C9H9NO3.2C6H5.Pb/c2*11-8(12)6-10-9(13)7-4-2-1-3-5-7;2*1-2-4-6-5-3-1;/h2*1-5H,6H2,(H,10,13)(H,11,12);2*1-5H;/q;;;;+2/p-2. The molecule has 0 aliphatic heterocycles. The van der Waals surface area contributed by atoms with Crippen LogP contribution in [0.1, 0.15) is 20.7 Å². The summed E-state index contributed by atoms with van der Waals surface area (Å²) in [4.78, 5) is 51.2. The van der Waals surface area contributed by atoms with Crippen LogP contribution in [0.3, 0.4) is 0 Å². The third-order valence-corrected chi connectivity index (χ3v) is 18.2. The van der Waals surface area contributed by atoms with Crippen LogP contribution in [0, 0.1) is 0 Å². The van der Waals surface area contributed by atoms with Gasteiger partial charge in [-0.15, -0.1) is 0 Å². The second-order valence-corrected chi connectivity index (χ2v) is 19.3. The molecule has 0 spiro atoms. The van der Waals surface area contributed by atoms with Crippen LogP contribution < -0.4 is 16.9 Å². The second kappa shape index (κ2) is 13.5. The van der Waals surface area contributed by atoms with Crippen LogP contribution in [0.2, 0.25) is 0 Å². The first-order valence-corrected chi connectivity index (χ1v) is 19.3. The van der Waals surface area contributed by atoms with Gasteiger partial charge in [-0.2, -0.15) is 0 Å². The van der Waals surface area contributed by atoms with Crippen molar-refractivity contribution < 1.29 is 24.6 Å². The van der Waals surface area contributed by atoms with Crippen molar-refractivity contribution in [2.45, 2.75) is 0 Å². The first kappa shape index (κ1) is 27.7. The normalized spacial score (nSPS) is 10.7. The summed E-state index contributed by atoms with van der Waals surface area (Å²) < 4.78 is 13.3. The summed E-state index contributed by atoms with van der Waals surface area (Å²) in [5.74, 6) is -2.35. The molecular formula is C30H26N2O6Pb. The maximum absolute atomic E-state index is 13.1. The van der Waals surface area contributed by atoms with Crippen LogP contribution in [0.5, 0.6) is 0 Å². The molecule has 0 aliphatic carbocycles. The number of benzene rings is 4. The molecule has 0 saturated heterocycles. The molecule has 0 radical (unpaired) electrons. The van der Waals surface area contributed by atoms with E-state index in [9.17, 15) is 19.2 Å². The van der Waals surface area contributed by atoms with Crippen LogP contribution in [0.25, 0.3) is 0 Å². The molecule has 0 fully saturated rings. The van der Waals surface area contributed by atoms with Gasteiger partial charge in [-0.25, -0.2) is 0 Å². The molecule has 0 atom stereocenters. The number of hydrogen-bond donors (Lipinski definition) is 2. The molecule has 4 aromatic carbocycles. The number of carbonyl (C=O) groups excluding carboxylic acids is 4. The Hall–Kier alpha value is -4.32. The van der Waals surface area contributed by atoms with Crippen molar-refractivity contribution in [3.8, 4) is 0 Å². The van der Waals surface area contributed by atoms with E-state index in [-0.39, 0.29) is 0 Å². The Morgan fingerprint density at radius 1 is 0.487 bits per heavy atom. The minimum absolute atomic E-state index is 0.396. The fourth-order valence-corrected chi connectivity index (χ4v) is 15.1. The molecule has 4 rings (SSSR count). The summed E-state index contributed by atoms with van der Waals surface area (Å²) in [6.07, 6.45) is 0. The zero-order valence-electron chi connectivity index (χ0n) is 20.9. The van der Waals surface area contributed by atoms with E-state index in [4.69, 9.17) is 5.37 Å². The van der Waals surface area contributed by atoms with Crippen LogP contribution in [-0.2, 0) is 15.0 Å². The number of amides is 2. The van der Waals surface area contributed by atoms with Crippen molar-refractivity contribution in [2.24, 2.45) is 0 Å². The molecule has 2 amide bonds. The monoisotopic (exact) mass is 718 g/mol. The van der Waals surface area contributed by atoms with Gasteiger partial charge in [0, 0.05) is 0 Å². The molecule has 0 unspecified atom stereocenters. The molecule has 0 saturated carbocycles. The van der Waals surface area contributed by atoms with E-state index in [0.29, 0.717) is 17.4 Å². The quantitative estimate of drug-likeness (QED) is 0.244. The van der Waals surface area contributed by atoms with Gasteiger partial charge in [0.15, 0.2) is 0 Å². The average molecular weight is 718 g/mol. The van der Waals surface area contributed by atoms with Crippen LogP contribution in [0.15, 0.2) is 121 Å². The molecule has 39 heavy (non-hydrogen) atoms. The molecule has 2 N–H and O–H groups in total. The van der Waals surface area contributed by atoms with Gasteiger partial charge in [-0.1, -0.05) is 0 Å². The fraction of sp³-hybridized carbons (Fsp3) is 0.0667. The van der Waals surface area contributed by atoms with Crippen molar-refractivity contribution >= 4 is 52.1 Å². The number of rotatable bonds is 10. The Balaban J connectivity index is 1.57. The molecule has 0 heterocycles. The van der Waals surface area contributed by atoms with Gasteiger partial charge in [0.05, 0.1) is 0 Å². The molecule has 9 heteroatoms. The van der Waals surface area contributed by atoms with Crippen molar-refractivity contribution in [1.82, 2.24) is 10.6 Å². The van der Waals surface area contributed by atoms with Crippen molar-refractivity contribution in [2.75, 3.05) is 13.1 Å². The molecule has 0 aromatic heterocycles. The minimum atomic E-state index is -5.18. The van der Waals surface area contributed by atoms with Crippen LogP contribution in [-0.4, -0.2) is 58.9 Å². The van der Waals surface area contributed by atoms with Crippen LogP contribution in [0.4, 0.5) is 0 Å². The molecule has 0 aliphatic rings. The van der Waals surface area contributed by atoms with Gasteiger partial charge in [0.2, 0.25) is 0 Å². The summed E-state index contributed by atoms with van der Waals surface area (Å²) in [5.41, 5.74) is 0.792. The summed E-state index contributed by atoms with van der Waals surface area (Å²) in [6.45, 7) is -0.838. The summed E-state index contributed by atoms with van der Waals surface area (Å²) in [6, 6.07) is 34.6. The number of nitrogens with one attached hydrogen (secondary N) is 2. The predicted octanol–water partition coefficient (Wildman–Crippen LogP) is 2.19. The molecule has 196 valence electrons. The third-order valence-electron chi connectivity index (χ3n) is 5.68. The molecule has 8 nitrogen and oxygen atoms in total. The zero-order valence-corrected chi connectivity index (χ0v) is 24.8. The second-order valence-electron chi connectivity index (χ2n) is 8.39. The number of hydrogen-bond acceptors (Lipinski definition) is 6. The molecule has 4 aromatic rings. The van der Waals surface area contributed by atoms with Gasteiger partial charge in [-0.05, 0) is 0 Å². The Morgan fingerprint density at radius 3 is 1.13 bits per heavy atom. The average Bonchev–Trinajstić information content (AvgIpc) is 3.00. The van der Waals surface area contributed by atoms with E-state index in [1.165, 1.54) is 0 Å². The van der Waals surface area contributed by atoms with E-state index in [0.717, 1.165) is 0 Å². The van der Waals surface area contributed by atoms with E-state index in [2.05, 4.69) is 10.6 Å². The first-order chi connectivity index (χ1) is 19.0. The Labute approximate surface area is 231 Å². The Bertz CT molecular complexity index is 1310. The summed E-state index contributed by atoms with van der Waals surface area (Å²) >= 11 is -5.18. The van der Waals surface area contributed by atoms with Crippen molar-refractivity contribution in [1.29, 1.82) is 0 Å². The zero-order chi connectivity index (χ0) is 27.5. The number of carbonyl (C=O) groups is 4. The Morgan fingerprint density at radius 2 is 0.795 bits per heavy atom. The van der Waals surface area contributed by atoms with Gasteiger partial charge in [-0.3, -0.25) is 0 Å². The molecule has 0 bridgehead atoms. The molecular weight excluding hydrogens is 692 g/mol. The summed E-state index contributed by atoms with van der Waals surface area (Å²) in [7, 11) is 0. The van der Waals surface area contributed by atoms with E-state index < -0.39 is 58.9 Å². The van der Waals surface area contributed by atoms with Crippen molar-refractivity contribution in [3.63, 3.8) is 0 Å². The SMILES string of the molecule is O=C(CNC(=O)c1ccccc1)[O][Pb]([O]C(=O)CNC(=O)c1ccccc1)([c]1ccccc1)[c]1ccccc1. The topological polar surface area (TPSA) is 111 Å². The van der Waals surface area contributed by atoms with E-state index >= 15 is 0 Å². The van der Waals surface area contributed by atoms with Gasteiger partial charge in [0.25, 0.3) is 0 Å². The maximum atomic E-state index is 13.1. The van der Waals surface area contributed by atoms with Crippen molar-refractivity contribution in [3.05, 3.63) is 132 Å². The van der Waals surface area contributed by atoms with Gasteiger partial charge >= 0.3 is 233 Å². The van der Waals surface area contributed by atoms with E-state index in [1.54, 1.807) is 121 Å². The summed E-state index contributed by atoms with van der Waals surface area (Å²) in [5, 5.41) is 5.12. The van der Waals surface area contributed by atoms with Gasteiger partial charge < -0.3 is 0 Å². The fourth-order valence-electron chi connectivity index (χ4n) is 3.82. The Kier molecular flexibility index (Phi) is 9.57. The van der Waals surface area contributed by atoms with Crippen LogP contribution >= 0.6 is 0 Å². The van der Waals surface area contributed by atoms with Gasteiger partial charge in [0.1, 0.15) is 0 Å². The third kappa shape index (κ3) is 7.38.